The van der Waals surface area contributed by atoms with E-state index in [0.29, 0.717) is 17.4 Å². The molecule has 4 rings (SSSR count). The van der Waals surface area contributed by atoms with Crippen LogP contribution in [0.5, 0.6) is 0 Å². The lowest BCUT2D eigenvalue weighted by atomic mass is 10.0. The number of anilines is 2. The Morgan fingerprint density at radius 1 is 1.15 bits per heavy atom. The molecule has 1 aromatic carbocycles. The summed E-state index contributed by atoms with van der Waals surface area (Å²) in [5.41, 5.74) is 1.74. The molecule has 1 unspecified atom stereocenters. The molecule has 1 amide bonds. The van der Waals surface area contributed by atoms with E-state index in [-0.39, 0.29) is 5.91 Å². The van der Waals surface area contributed by atoms with E-state index in [4.69, 9.17) is 0 Å². The lowest BCUT2D eigenvalue weighted by Crippen LogP contribution is -2.39. The maximum atomic E-state index is 12.6. The Kier molecular flexibility index (Phi) is 4.96. The topological polar surface area (TPSA) is 71.0 Å². The van der Waals surface area contributed by atoms with Crippen molar-refractivity contribution in [2.75, 3.05) is 16.8 Å². The van der Waals surface area contributed by atoms with Gasteiger partial charge < -0.3 is 10.2 Å². The molecule has 1 N–H and O–H groups in total. The Morgan fingerprint density at radius 2 is 2.04 bits per heavy atom. The number of benzene rings is 1. The van der Waals surface area contributed by atoms with Gasteiger partial charge in [-0.05, 0) is 49.9 Å². The first-order valence-electron chi connectivity index (χ1n) is 9.51. The minimum atomic E-state index is -0.280. The van der Waals surface area contributed by atoms with Crippen LogP contribution < -0.4 is 10.2 Å². The van der Waals surface area contributed by atoms with Crippen molar-refractivity contribution in [1.29, 1.82) is 0 Å². The van der Waals surface area contributed by atoms with Gasteiger partial charge in [-0.25, -0.2) is 0 Å². The second-order valence-electron chi connectivity index (χ2n) is 6.86. The molecule has 138 valence electrons. The average Bonchev–Trinajstić information content (AvgIpc) is 2.74. The number of piperidine rings is 1. The van der Waals surface area contributed by atoms with Gasteiger partial charge in [0.1, 0.15) is 0 Å². The van der Waals surface area contributed by atoms with E-state index in [1.165, 1.54) is 19.3 Å². The summed E-state index contributed by atoms with van der Waals surface area (Å²) in [5.74, 6) is 0.572. The first-order valence-corrected chi connectivity index (χ1v) is 9.51. The van der Waals surface area contributed by atoms with Gasteiger partial charge in [0.05, 0.1) is 11.2 Å². The minimum absolute atomic E-state index is 0.280. The number of hydrogen-bond acceptors (Lipinski definition) is 5. The third kappa shape index (κ3) is 3.60. The number of rotatable bonds is 4. The van der Waals surface area contributed by atoms with Gasteiger partial charge in [-0.2, -0.15) is 0 Å². The third-order valence-electron chi connectivity index (χ3n) is 5.16. The summed E-state index contributed by atoms with van der Waals surface area (Å²) < 4.78 is 0. The summed E-state index contributed by atoms with van der Waals surface area (Å²) in [6.45, 7) is 3.21. The molecule has 1 atom stereocenters. The first kappa shape index (κ1) is 17.4. The largest absolute Gasteiger partial charge is 0.352 e. The third-order valence-corrected chi connectivity index (χ3v) is 5.16. The standard InChI is InChI=1S/C21H23N5O/c1-2-16-9-3-4-14-26(16)19-12-11-18(24-25-19)21(27)23-17-10-5-7-15-8-6-13-22-20(15)17/h5-8,10-13,16H,2-4,9,14H2,1H3,(H,23,27). The number of aromatic nitrogens is 3. The number of para-hydroxylation sites is 1. The quantitative estimate of drug-likeness (QED) is 0.759. The highest BCUT2D eigenvalue weighted by Crippen LogP contribution is 2.25. The molecule has 0 spiro atoms. The number of fused-ring (bicyclic) bond motifs is 1. The van der Waals surface area contributed by atoms with Crippen LogP contribution in [0.25, 0.3) is 10.9 Å². The molecular weight excluding hydrogens is 338 g/mol. The Balaban J connectivity index is 1.52. The zero-order valence-corrected chi connectivity index (χ0v) is 15.4. The van der Waals surface area contributed by atoms with Crippen LogP contribution in [0.2, 0.25) is 0 Å². The van der Waals surface area contributed by atoms with Gasteiger partial charge in [0.2, 0.25) is 0 Å². The molecular formula is C21H23N5O. The Bertz CT molecular complexity index is 935. The van der Waals surface area contributed by atoms with Crippen LogP contribution in [-0.4, -0.2) is 33.7 Å². The number of amides is 1. The highest BCUT2D eigenvalue weighted by Gasteiger charge is 2.22. The lowest BCUT2D eigenvalue weighted by molar-refractivity contribution is 0.102. The van der Waals surface area contributed by atoms with Crippen LogP contribution in [0.15, 0.2) is 48.7 Å². The fourth-order valence-electron chi connectivity index (χ4n) is 3.72. The van der Waals surface area contributed by atoms with E-state index in [9.17, 15) is 4.79 Å². The van der Waals surface area contributed by atoms with Crippen molar-refractivity contribution >= 4 is 28.3 Å². The van der Waals surface area contributed by atoms with Crippen molar-refractivity contribution in [3.8, 4) is 0 Å². The van der Waals surface area contributed by atoms with Gasteiger partial charge in [-0.15, -0.1) is 10.2 Å². The van der Waals surface area contributed by atoms with Gasteiger partial charge in [-0.1, -0.05) is 25.1 Å². The summed E-state index contributed by atoms with van der Waals surface area (Å²) in [6.07, 6.45) is 6.44. The van der Waals surface area contributed by atoms with Crippen molar-refractivity contribution in [2.24, 2.45) is 0 Å². The molecule has 6 heteroatoms. The Labute approximate surface area is 158 Å². The van der Waals surface area contributed by atoms with E-state index in [2.05, 4.69) is 32.3 Å². The molecule has 0 radical (unpaired) electrons. The summed E-state index contributed by atoms with van der Waals surface area (Å²) in [4.78, 5) is 19.3. The molecule has 0 aliphatic carbocycles. The van der Waals surface area contributed by atoms with Gasteiger partial charge in [-0.3, -0.25) is 9.78 Å². The second-order valence-corrected chi connectivity index (χ2v) is 6.86. The van der Waals surface area contributed by atoms with Crippen molar-refractivity contribution < 1.29 is 4.79 Å². The van der Waals surface area contributed by atoms with Crippen LogP contribution in [0, 0.1) is 0 Å². The van der Waals surface area contributed by atoms with Crippen LogP contribution in [0.4, 0.5) is 11.5 Å². The molecule has 27 heavy (non-hydrogen) atoms. The molecule has 3 heterocycles. The SMILES string of the molecule is CCC1CCCCN1c1ccc(C(=O)Nc2cccc3cccnc23)nn1. The molecule has 0 bridgehead atoms. The monoisotopic (exact) mass is 361 g/mol. The number of carbonyl (C=O) groups is 1. The van der Waals surface area contributed by atoms with Crippen molar-refractivity contribution in [3.05, 3.63) is 54.4 Å². The minimum Gasteiger partial charge on any atom is -0.352 e. The predicted molar refractivity (Wildman–Crippen MR) is 107 cm³/mol. The number of carbonyl (C=O) groups excluding carboxylic acids is 1. The number of nitrogens with zero attached hydrogens (tertiary/aromatic N) is 4. The molecule has 1 aliphatic rings. The van der Waals surface area contributed by atoms with E-state index in [1.54, 1.807) is 12.3 Å². The summed E-state index contributed by atoms with van der Waals surface area (Å²) in [7, 11) is 0. The van der Waals surface area contributed by atoms with Crippen LogP contribution in [0.1, 0.15) is 43.1 Å². The fraction of sp³-hybridized carbons (Fsp3) is 0.333. The number of nitrogens with one attached hydrogen (secondary N) is 1. The van der Waals surface area contributed by atoms with Crippen LogP contribution >= 0.6 is 0 Å². The predicted octanol–water partition coefficient (Wildman–Crippen LogP) is 4.05. The smallest absolute Gasteiger partial charge is 0.276 e. The lowest BCUT2D eigenvalue weighted by Gasteiger charge is -2.35. The molecule has 1 saturated heterocycles. The number of hydrogen-bond donors (Lipinski definition) is 1. The van der Waals surface area contributed by atoms with E-state index in [1.807, 2.05) is 36.4 Å². The van der Waals surface area contributed by atoms with Crippen LogP contribution in [-0.2, 0) is 0 Å². The van der Waals surface area contributed by atoms with Gasteiger partial charge in [0.15, 0.2) is 11.5 Å². The van der Waals surface area contributed by atoms with Gasteiger partial charge in [0.25, 0.3) is 5.91 Å². The van der Waals surface area contributed by atoms with E-state index >= 15 is 0 Å². The zero-order chi connectivity index (χ0) is 18.6. The number of pyridine rings is 1. The van der Waals surface area contributed by atoms with Crippen molar-refractivity contribution in [2.45, 2.75) is 38.6 Å². The van der Waals surface area contributed by atoms with Crippen LogP contribution in [0.3, 0.4) is 0 Å². The molecule has 6 nitrogen and oxygen atoms in total. The molecule has 3 aromatic rings. The molecule has 0 saturated carbocycles. The first-order chi connectivity index (χ1) is 13.3. The maximum Gasteiger partial charge on any atom is 0.276 e. The van der Waals surface area contributed by atoms with Gasteiger partial charge >= 0.3 is 0 Å². The Hall–Kier alpha value is -3.02. The second kappa shape index (κ2) is 7.70. The van der Waals surface area contributed by atoms with Crippen molar-refractivity contribution in [3.63, 3.8) is 0 Å². The summed E-state index contributed by atoms with van der Waals surface area (Å²) in [5, 5.41) is 12.4. The highest BCUT2D eigenvalue weighted by atomic mass is 16.1. The summed E-state index contributed by atoms with van der Waals surface area (Å²) in [6, 6.07) is 13.7. The van der Waals surface area contributed by atoms with E-state index < -0.39 is 0 Å². The molecule has 2 aromatic heterocycles. The average molecular weight is 361 g/mol. The Morgan fingerprint density at radius 3 is 2.85 bits per heavy atom. The maximum absolute atomic E-state index is 12.6. The zero-order valence-electron chi connectivity index (χ0n) is 15.4. The molecule has 1 aliphatic heterocycles. The fourth-order valence-corrected chi connectivity index (χ4v) is 3.72. The van der Waals surface area contributed by atoms with E-state index in [0.717, 1.165) is 29.7 Å². The normalized spacial score (nSPS) is 17.1. The van der Waals surface area contributed by atoms with Crippen molar-refractivity contribution in [1.82, 2.24) is 15.2 Å². The summed E-state index contributed by atoms with van der Waals surface area (Å²) >= 11 is 0. The van der Waals surface area contributed by atoms with Gasteiger partial charge in [0, 0.05) is 24.2 Å². The molecule has 1 fully saturated rings. The highest BCUT2D eigenvalue weighted by molar-refractivity contribution is 6.07.